The van der Waals surface area contributed by atoms with Gasteiger partial charge in [0.05, 0.1) is 25.0 Å². The Morgan fingerprint density at radius 3 is 2.93 bits per heavy atom. The third-order valence-corrected chi connectivity index (χ3v) is 4.78. The van der Waals surface area contributed by atoms with E-state index in [1.54, 1.807) is 25.9 Å². The highest BCUT2D eigenvalue weighted by Crippen LogP contribution is 2.24. The van der Waals surface area contributed by atoms with Gasteiger partial charge in [-0.15, -0.1) is 0 Å². The third-order valence-electron chi connectivity index (χ3n) is 4.78. The van der Waals surface area contributed by atoms with E-state index < -0.39 is 24.5 Å². The highest BCUT2D eigenvalue weighted by atomic mass is 16.5. The lowest BCUT2D eigenvalue weighted by Gasteiger charge is -2.40. The molecular formula is C16H25N7O4. The van der Waals surface area contributed by atoms with E-state index in [0.29, 0.717) is 17.0 Å². The molecule has 1 amide bonds. The number of aliphatic hydroxyl groups is 2. The standard InChI is InChI=1S/C16H25N7O4/c1-8(23(2)3)15(26)21-9-4-10(25)16(27-11(9)5-24)22-14-12-13(18-6-17-12)19-7-20-14/h6-11,16,24-25H,4-5H2,1-3H3,(H,21,26)(H2,17,18,19,20,22)/t8-,9-,10+,11+,16+/m1/s1. The molecule has 2 aromatic rings. The van der Waals surface area contributed by atoms with Gasteiger partial charge >= 0.3 is 0 Å². The zero-order valence-corrected chi connectivity index (χ0v) is 15.5. The lowest BCUT2D eigenvalue weighted by Crippen LogP contribution is -2.59. The highest BCUT2D eigenvalue weighted by molar-refractivity contribution is 5.82. The van der Waals surface area contributed by atoms with Gasteiger partial charge in [-0.25, -0.2) is 15.0 Å². The molecule has 27 heavy (non-hydrogen) atoms. The number of rotatable bonds is 6. The summed E-state index contributed by atoms with van der Waals surface area (Å²) in [5, 5.41) is 26.0. The number of fused-ring (bicyclic) bond motifs is 1. The number of likely N-dealkylation sites (N-methyl/N-ethyl adjacent to an activating group) is 1. The molecule has 0 spiro atoms. The molecule has 1 fully saturated rings. The molecule has 1 aliphatic heterocycles. The minimum Gasteiger partial charge on any atom is -0.394 e. The van der Waals surface area contributed by atoms with Gasteiger partial charge in [0, 0.05) is 6.42 Å². The van der Waals surface area contributed by atoms with Crippen molar-refractivity contribution in [2.75, 3.05) is 26.0 Å². The summed E-state index contributed by atoms with van der Waals surface area (Å²) in [4.78, 5) is 29.2. The van der Waals surface area contributed by atoms with Crippen LogP contribution in [0.4, 0.5) is 5.82 Å². The lowest BCUT2D eigenvalue weighted by molar-refractivity contribution is -0.144. The molecule has 2 aromatic heterocycles. The molecule has 1 aliphatic rings. The first-order valence-electron chi connectivity index (χ1n) is 8.72. The SMILES string of the molecule is C[C@H](C(=O)N[C@@H]1C[C@H](O)[C@@H](Nc2ncnc3nc[nH]c23)O[C@H]1CO)N(C)C. The fraction of sp³-hybridized carbons (Fsp3) is 0.625. The number of carbonyl (C=O) groups is 1. The van der Waals surface area contributed by atoms with Crippen LogP contribution >= 0.6 is 0 Å². The van der Waals surface area contributed by atoms with E-state index in [1.165, 1.54) is 12.7 Å². The Hall–Kier alpha value is -2.34. The number of aromatic amines is 1. The molecule has 11 nitrogen and oxygen atoms in total. The predicted octanol–water partition coefficient (Wildman–Crippen LogP) is -1.33. The number of ether oxygens (including phenoxy) is 1. The van der Waals surface area contributed by atoms with Crippen molar-refractivity contribution in [3.63, 3.8) is 0 Å². The first-order chi connectivity index (χ1) is 12.9. The maximum absolute atomic E-state index is 12.3. The molecule has 3 heterocycles. The molecule has 148 valence electrons. The van der Waals surface area contributed by atoms with Crippen molar-refractivity contribution in [2.24, 2.45) is 0 Å². The molecule has 1 saturated heterocycles. The summed E-state index contributed by atoms with van der Waals surface area (Å²) < 4.78 is 5.80. The zero-order valence-electron chi connectivity index (χ0n) is 15.5. The number of nitrogens with one attached hydrogen (secondary N) is 3. The number of amides is 1. The van der Waals surface area contributed by atoms with Crippen LogP contribution in [0.3, 0.4) is 0 Å². The molecule has 0 aromatic carbocycles. The summed E-state index contributed by atoms with van der Waals surface area (Å²) in [5.41, 5.74) is 1.07. The Morgan fingerprint density at radius 1 is 1.44 bits per heavy atom. The van der Waals surface area contributed by atoms with E-state index in [9.17, 15) is 15.0 Å². The smallest absolute Gasteiger partial charge is 0.237 e. The highest BCUT2D eigenvalue weighted by Gasteiger charge is 2.38. The normalized spacial score (nSPS) is 26.9. The van der Waals surface area contributed by atoms with Crippen molar-refractivity contribution in [1.29, 1.82) is 0 Å². The fourth-order valence-electron chi connectivity index (χ4n) is 2.91. The Balaban J connectivity index is 1.69. The minimum absolute atomic E-state index is 0.194. The van der Waals surface area contributed by atoms with Crippen LogP contribution in [-0.2, 0) is 9.53 Å². The summed E-state index contributed by atoms with van der Waals surface area (Å²) in [6, 6.07) is -0.845. The maximum atomic E-state index is 12.3. The molecule has 5 atom stereocenters. The third kappa shape index (κ3) is 4.16. The second-order valence-electron chi connectivity index (χ2n) is 6.80. The monoisotopic (exact) mass is 379 g/mol. The van der Waals surface area contributed by atoms with Crippen LogP contribution in [0.1, 0.15) is 13.3 Å². The fourth-order valence-corrected chi connectivity index (χ4v) is 2.91. The van der Waals surface area contributed by atoms with Crippen LogP contribution in [0, 0.1) is 0 Å². The first kappa shape index (κ1) is 19.4. The van der Waals surface area contributed by atoms with Gasteiger partial charge in [-0.2, -0.15) is 0 Å². The van der Waals surface area contributed by atoms with E-state index >= 15 is 0 Å². The van der Waals surface area contributed by atoms with E-state index in [1.807, 2.05) is 0 Å². The molecule has 0 unspecified atom stereocenters. The molecule has 5 N–H and O–H groups in total. The predicted molar refractivity (Wildman–Crippen MR) is 96.8 cm³/mol. The van der Waals surface area contributed by atoms with E-state index in [2.05, 4.69) is 30.6 Å². The van der Waals surface area contributed by atoms with E-state index in [-0.39, 0.29) is 25.0 Å². The molecule has 0 radical (unpaired) electrons. The average molecular weight is 379 g/mol. The van der Waals surface area contributed by atoms with Crippen LogP contribution in [0.25, 0.3) is 11.2 Å². The van der Waals surface area contributed by atoms with Gasteiger partial charge in [-0.1, -0.05) is 0 Å². The molecular weight excluding hydrogens is 354 g/mol. The number of imidazole rings is 1. The van der Waals surface area contributed by atoms with Crippen LogP contribution in [0.5, 0.6) is 0 Å². The van der Waals surface area contributed by atoms with E-state index in [0.717, 1.165) is 0 Å². The average Bonchev–Trinajstić information content (AvgIpc) is 3.12. The van der Waals surface area contributed by atoms with Crippen molar-refractivity contribution >= 4 is 22.9 Å². The van der Waals surface area contributed by atoms with Crippen LogP contribution in [-0.4, -0.2) is 92.2 Å². The number of hydrogen-bond donors (Lipinski definition) is 5. The summed E-state index contributed by atoms with van der Waals surface area (Å²) in [7, 11) is 3.61. The van der Waals surface area contributed by atoms with E-state index in [4.69, 9.17) is 4.74 Å². The second-order valence-corrected chi connectivity index (χ2v) is 6.80. The number of carbonyl (C=O) groups excluding carboxylic acids is 1. The molecule has 11 heteroatoms. The summed E-state index contributed by atoms with van der Waals surface area (Å²) in [5.74, 6) is 0.239. The van der Waals surface area contributed by atoms with Crippen molar-refractivity contribution in [3.05, 3.63) is 12.7 Å². The summed E-state index contributed by atoms with van der Waals surface area (Å²) >= 11 is 0. The number of anilines is 1. The Labute approximate surface area is 156 Å². The summed E-state index contributed by atoms with van der Waals surface area (Å²) in [6.07, 6.45) is 0.699. The van der Waals surface area contributed by atoms with Gasteiger partial charge in [-0.3, -0.25) is 9.69 Å². The quantitative estimate of drug-likeness (QED) is 0.411. The summed E-state index contributed by atoms with van der Waals surface area (Å²) in [6.45, 7) is 1.48. The van der Waals surface area contributed by atoms with Crippen molar-refractivity contribution < 1.29 is 19.7 Å². The largest absolute Gasteiger partial charge is 0.394 e. The molecule has 0 aliphatic carbocycles. The molecule has 0 bridgehead atoms. The number of aliphatic hydroxyl groups excluding tert-OH is 2. The first-order valence-corrected chi connectivity index (χ1v) is 8.72. The Morgan fingerprint density at radius 2 is 2.22 bits per heavy atom. The van der Waals surface area contributed by atoms with Crippen LogP contribution in [0.15, 0.2) is 12.7 Å². The topological polar surface area (TPSA) is 149 Å². The number of H-pyrrole nitrogens is 1. The lowest BCUT2D eigenvalue weighted by atomic mass is 9.98. The molecule has 3 rings (SSSR count). The number of hydrogen-bond acceptors (Lipinski definition) is 9. The van der Waals surface area contributed by atoms with Gasteiger partial charge in [0.2, 0.25) is 5.91 Å². The number of aromatic nitrogens is 4. The van der Waals surface area contributed by atoms with Crippen LogP contribution in [0.2, 0.25) is 0 Å². The molecule has 0 saturated carbocycles. The van der Waals surface area contributed by atoms with Gasteiger partial charge < -0.3 is 30.6 Å². The number of nitrogens with zero attached hydrogens (tertiary/aromatic N) is 4. The minimum atomic E-state index is -0.916. The van der Waals surface area contributed by atoms with Gasteiger partial charge in [0.15, 0.2) is 17.7 Å². The Bertz CT molecular complexity index is 783. The zero-order chi connectivity index (χ0) is 19.6. The second kappa shape index (κ2) is 8.13. The van der Waals surface area contributed by atoms with Gasteiger partial charge in [0.25, 0.3) is 0 Å². The van der Waals surface area contributed by atoms with Crippen molar-refractivity contribution in [2.45, 2.75) is 43.9 Å². The maximum Gasteiger partial charge on any atom is 0.237 e. The van der Waals surface area contributed by atoms with Gasteiger partial charge in [0.1, 0.15) is 24.1 Å². The Kier molecular flexibility index (Phi) is 5.85. The van der Waals surface area contributed by atoms with Crippen molar-refractivity contribution in [1.82, 2.24) is 30.2 Å². The van der Waals surface area contributed by atoms with Crippen LogP contribution < -0.4 is 10.6 Å². The van der Waals surface area contributed by atoms with Gasteiger partial charge in [-0.05, 0) is 21.0 Å². The van der Waals surface area contributed by atoms with Crippen molar-refractivity contribution in [3.8, 4) is 0 Å².